The van der Waals surface area contributed by atoms with Crippen LogP contribution in [0.4, 0.5) is 14.5 Å². The lowest BCUT2D eigenvalue weighted by atomic mass is 10.1. The van der Waals surface area contributed by atoms with Crippen LogP contribution in [0, 0.1) is 11.6 Å². The smallest absolute Gasteiger partial charge is 0.228 e. The van der Waals surface area contributed by atoms with Crippen molar-refractivity contribution in [2.45, 2.75) is 6.42 Å². The Morgan fingerprint density at radius 3 is 2.30 bits per heavy atom. The van der Waals surface area contributed by atoms with Crippen LogP contribution in [-0.2, 0) is 11.2 Å². The second-order valence-electron chi connectivity index (χ2n) is 4.05. The van der Waals surface area contributed by atoms with E-state index < -0.39 is 17.5 Å². The molecule has 2 aromatic carbocycles. The van der Waals surface area contributed by atoms with Gasteiger partial charge in [-0.25, -0.2) is 8.78 Å². The Hall–Kier alpha value is -1.65. The minimum absolute atomic E-state index is 0.0580. The summed E-state index contributed by atoms with van der Waals surface area (Å²) < 4.78 is 25.8. The van der Waals surface area contributed by atoms with Crippen molar-refractivity contribution in [2.24, 2.45) is 0 Å². The first kappa shape index (κ1) is 14.8. The van der Waals surface area contributed by atoms with Crippen LogP contribution in [-0.4, -0.2) is 5.91 Å². The van der Waals surface area contributed by atoms with Gasteiger partial charge in [-0.1, -0.05) is 29.3 Å². The van der Waals surface area contributed by atoms with Gasteiger partial charge in [0.1, 0.15) is 0 Å². The highest BCUT2D eigenvalue weighted by Gasteiger charge is 2.12. The summed E-state index contributed by atoms with van der Waals surface area (Å²) >= 11 is 11.9. The summed E-state index contributed by atoms with van der Waals surface area (Å²) in [5.74, 6) is -2.43. The van der Waals surface area contributed by atoms with E-state index in [0.717, 1.165) is 12.1 Å². The monoisotopic (exact) mass is 315 g/mol. The molecule has 0 aliphatic heterocycles. The van der Waals surface area contributed by atoms with E-state index in [1.54, 1.807) is 18.2 Å². The maximum atomic E-state index is 13.0. The third-order valence-electron chi connectivity index (χ3n) is 2.60. The highest BCUT2D eigenvalue weighted by atomic mass is 35.5. The number of rotatable bonds is 3. The lowest BCUT2D eigenvalue weighted by Gasteiger charge is -2.08. The first-order valence-corrected chi connectivity index (χ1v) is 6.41. The normalized spacial score (nSPS) is 10.4. The van der Waals surface area contributed by atoms with Gasteiger partial charge in [0.2, 0.25) is 5.91 Å². The van der Waals surface area contributed by atoms with Crippen molar-refractivity contribution in [3.05, 3.63) is 63.6 Å². The van der Waals surface area contributed by atoms with E-state index in [4.69, 9.17) is 23.2 Å². The van der Waals surface area contributed by atoms with Crippen molar-refractivity contribution in [2.75, 3.05) is 5.32 Å². The van der Waals surface area contributed by atoms with E-state index in [1.165, 1.54) is 6.07 Å². The van der Waals surface area contributed by atoms with Crippen LogP contribution in [0.5, 0.6) is 0 Å². The van der Waals surface area contributed by atoms with E-state index in [9.17, 15) is 13.6 Å². The van der Waals surface area contributed by atoms with Gasteiger partial charge in [-0.3, -0.25) is 4.79 Å². The molecular formula is C14H9Cl2F2NO. The van der Waals surface area contributed by atoms with E-state index in [1.807, 2.05) is 0 Å². The summed E-state index contributed by atoms with van der Waals surface area (Å²) in [6.45, 7) is 0. The molecule has 2 nitrogen and oxygen atoms in total. The van der Waals surface area contributed by atoms with Crippen molar-refractivity contribution in [3.8, 4) is 0 Å². The summed E-state index contributed by atoms with van der Waals surface area (Å²) in [7, 11) is 0. The number of hydrogen-bond acceptors (Lipinski definition) is 1. The molecule has 0 radical (unpaired) electrons. The summed E-state index contributed by atoms with van der Waals surface area (Å²) in [5, 5.41) is 3.20. The zero-order valence-corrected chi connectivity index (χ0v) is 11.6. The maximum absolute atomic E-state index is 13.0. The second kappa shape index (κ2) is 6.20. The predicted octanol–water partition coefficient (Wildman–Crippen LogP) is 4.45. The van der Waals surface area contributed by atoms with E-state index in [-0.39, 0.29) is 12.1 Å². The third-order valence-corrected chi connectivity index (χ3v) is 3.31. The van der Waals surface area contributed by atoms with E-state index in [0.29, 0.717) is 15.6 Å². The first-order valence-electron chi connectivity index (χ1n) is 5.65. The number of carbonyl (C=O) groups excluding carboxylic acids is 1. The molecule has 0 atom stereocenters. The highest BCUT2D eigenvalue weighted by molar-refractivity contribution is 6.36. The zero-order valence-electron chi connectivity index (χ0n) is 10.1. The molecule has 0 saturated heterocycles. The fraction of sp³-hybridized carbons (Fsp3) is 0.0714. The van der Waals surface area contributed by atoms with Crippen LogP contribution in [0.1, 0.15) is 5.56 Å². The molecule has 104 valence electrons. The lowest BCUT2D eigenvalue weighted by molar-refractivity contribution is -0.115. The molecule has 0 spiro atoms. The minimum atomic E-state index is -1.03. The molecule has 0 unspecified atom stereocenters. The molecule has 1 N–H and O–H groups in total. The van der Waals surface area contributed by atoms with Gasteiger partial charge in [-0.05, 0) is 29.8 Å². The van der Waals surface area contributed by atoms with Gasteiger partial charge < -0.3 is 5.32 Å². The van der Waals surface area contributed by atoms with Gasteiger partial charge in [-0.2, -0.15) is 0 Å². The molecule has 1 amide bonds. The predicted molar refractivity (Wildman–Crippen MR) is 75.2 cm³/mol. The van der Waals surface area contributed by atoms with Gasteiger partial charge in [0.25, 0.3) is 0 Å². The van der Waals surface area contributed by atoms with E-state index >= 15 is 0 Å². The molecule has 0 saturated carbocycles. The number of halogens is 4. The number of nitrogens with one attached hydrogen (secondary N) is 1. The largest absolute Gasteiger partial charge is 0.326 e. The summed E-state index contributed by atoms with van der Waals surface area (Å²) in [4.78, 5) is 11.8. The second-order valence-corrected chi connectivity index (χ2v) is 4.87. The molecular weight excluding hydrogens is 307 g/mol. The molecule has 6 heteroatoms. The van der Waals surface area contributed by atoms with Crippen LogP contribution >= 0.6 is 23.2 Å². The molecule has 0 aromatic heterocycles. The third kappa shape index (κ3) is 3.46. The van der Waals surface area contributed by atoms with Gasteiger partial charge in [0.05, 0.1) is 6.42 Å². The zero-order chi connectivity index (χ0) is 14.7. The molecule has 0 aliphatic rings. The quantitative estimate of drug-likeness (QED) is 0.890. The fourth-order valence-electron chi connectivity index (χ4n) is 1.64. The molecule has 2 rings (SSSR count). The molecule has 0 fully saturated rings. The topological polar surface area (TPSA) is 29.1 Å². The number of benzene rings is 2. The summed E-state index contributed by atoms with van der Waals surface area (Å²) in [6.07, 6.45) is -0.0580. The van der Waals surface area contributed by atoms with Crippen LogP contribution < -0.4 is 5.32 Å². The van der Waals surface area contributed by atoms with Crippen LogP contribution in [0.2, 0.25) is 10.0 Å². The Bertz CT molecular complexity index is 641. The standard InChI is InChI=1S/C14H9Cl2F2NO/c15-10-2-1-3-11(16)9(10)7-14(20)19-8-4-5-12(17)13(18)6-8/h1-6H,7H2,(H,19,20). The minimum Gasteiger partial charge on any atom is -0.326 e. The molecule has 20 heavy (non-hydrogen) atoms. The SMILES string of the molecule is O=C(Cc1c(Cl)cccc1Cl)Nc1ccc(F)c(F)c1. The van der Waals surface area contributed by atoms with Crippen molar-refractivity contribution in [1.82, 2.24) is 0 Å². The Balaban J connectivity index is 2.11. The van der Waals surface area contributed by atoms with Crippen molar-refractivity contribution in [3.63, 3.8) is 0 Å². The Morgan fingerprint density at radius 1 is 1.05 bits per heavy atom. The van der Waals surface area contributed by atoms with Gasteiger partial charge >= 0.3 is 0 Å². The Morgan fingerprint density at radius 2 is 1.70 bits per heavy atom. The van der Waals surface area contributed by atoms with Crippen LogP contribution in [0.25, 0.3) is 0 Å². The van der Waals surface area contributed by atoms with Crippen LogP contribution in [0.3, 0.4) is 0 Å². The molecule has 2 aromatic rings. The van der Waals surface area contributed by atoms with Crippen molar-refractivity contribution >= 4 is 34.8 Å². The number of hydrogen-bond donors (Lipinski definition) is 1. The Kier molecular flexibility index (Phi) is 4.57. The van der Waals surface area contributed by atoms with Gasteiger partial charge in [-0.15, -0.1) is 0 Å². The molecule has 0 aliphatic carbocycles. The average molecular weight is 316 g/mol. The molecule has 0 bridgehead atoms. The first-order chi connectivity index (χ1) is 9.47. The number of anilines is 1. The average Bonchev–Trinajstić information content (AvgIpc) is 2.38. The lowest BCUT2D eigenvalue weighted by Crippen LogP contribution is -2.15. The number of amides is 1. The van der Waals surface area contributed by atoms with E-state index in [2.05, 4.69) is 5.32 Å². The summed E-state index contributed by atoms with van der Waals surface area (Å²) in [6, 6.07) is 8.02. The van der Waals surface area contributed by atoms with Gasteiger partial charge in [0, 0.05) is 21.8 Å². The van der Waals surface area contributed by atoms with Gasteiger partial charge in [0.15, 0.2) is 11.6 Å². The fourth-order valence-corrected chi connectivity index (χ4v) is 2.17. The van der Waals surface area contributed by atoms with Crippen molar-refractivity contribution < 1.29 is 13.6 Å². The number of carbonyl (C=O) groups is 1. The highest BCUT2D eigenvalue weighted by Crippen LogP contribution is 2.25. The van der Waals surface area contributed by atoms with Crippen LogP contribution in [0.15, 0.2) is 36.4 Å². The summed E-state index contributed by atoms with van der Waals surface area (Å²) in [5.41, 5.74) is 0.646. The Labute approximate surface area is 124 Å². The maximum Gasteiger partial charge on any atom is 0.228 e. The van der Waals surface area contributed by atoms with Crippen molar-refractivity contribution in [1.29, 1.82) is 0 Å². The molecule has 0 heterocycles.